The molecular formula is C23H45N7O5. The minimum absolute atomic E-state index is 0.158. The molecule has 6 atom stereocenters. The number of rotatable bonds is 9. The first-order chi connectivity index (χ1) is 16.7. The fourth-order valence-electron chi connectivity index (χ4n) is 3.97. The molecule has 10 N–H and O–H groups in total. The zero-order valence-electron chi connectivity index (χ0n) is 21.3. The van der Waals surface area contributed by atoms with Gasteiger partial charge in [-0.25, -0.2) is 0 Å². The molecule has 1 aliphatic rings. The highest BCUT2D eigenvalue weighted by atomic mass is 16.3. The summed E-state index contributed by atoms with van der Waals surface area (Å²) in [7, 11) is 1.63. The second-order valence-corrected chi connectivity index (χ2v) is 9.17. The maximum Gasteiger partial charge on any atom is 0.245 e. The first kappa shape index (κ1) is 30.8. The molecule has 1 fully saturated rings. The summed E-state index contributed by atoms with van der Waals surface area (Å²) < 4.78 is 0. The van der Waals surface area contributed by atoms with Crippen molar-refractivity contribution in [3.05, 3.63) is 0 Å². The summed E-state index contributed by atoms with van der Waals surface area (Å²) >= 11 is 0. The molecule has 4 amide bonds. The van der Waals surface area contributed by atoms with E-state index in [1.165, 1.54) is 0 Å². The molecule has 0 aromatic carbocycles. The van der Waals surface area contributed by atoms with Gasteiger partial charge in [0.25, 0.3) is 0 Å². The predicted molar refractivity (Wildman–Crippen MR) is 133 cm³/mol. The Morgan fingerprint density at radius 3 is 2.17 bits per heavy atom. The van der Waals surface area contributed by atoms with Crippen LogP contribution in [0.2, 0.25) is 0 Å². The van der Waals surface area contributed by atoms with E-state index in [-0.39, 0.29) is 24.4 Å². The van der Waals surface area contributed by atoms with Gasteiger partial charge < -0.3 is 43.2 Å². The molecule has 0 bridgehead atoms. The minimum Gasteiger partial charge on any atom is -0.394 e. The molecule has 0 spiro atoms. The third kappa shape index (κ3) is 10.1. The normalized spacial score (nSPS) is 28.5. The zero-order chi connectivity index (χ0) is 26.4. The van der Waals surface area contributed by atoms with Crippen molar-refractivity contribution in [2.24, 2.45) is 17.4 Å². The number of aliphatic hydroxyl groups is 1. The fourth-order valence-corrected chi connectivity index (χ4v) is 3.97. The van der Waals surface area contributed by atoms with E-state index in [4.69, 9.17) is 11.5 Å². The van der Waals surface area contributed by atoms with Crippen LogP contribution in [0.4, 0.5) is 0 Å². The minimum atomic E-state index is -1.22. The summed E-state index contributed by atoms with van der Waals surface area (Å²) in [5.41, 5.74) is 11.5. The smallest absolute Gasteiger partial charge is 0.245 e. The second-order valence-electron chi connectivity index (χ2n) is 9.17. The van der Waals surface area contributed by atoms with Crippen LogP contribution < -0.4 is 38.1 Å². The molecule has 35 heavy (non-hydrogen) atoms. The molecule has 1 rings (SSSR count). The lowest BCUT2D eigenvalue weighted by atomic mass is 9.96. The number of carbonyl (C=O) groups excluding carboxylic acids is 4. The lowest BCUT2D eigenvalue weighted by molar-refractivity contribution is -0.135. The maximum atomic E-state index is 13.2. The van der Waals surface area contributed by atoms with Crippen LogP contribution in [-0.4, -0.2) is 85.7 Å². The number of hydrogen-bond donors (Lipinski definition) is 8. The van der Waals surface area contributed by atoms with Gasteiger partial charge in [0.15, 0.2) is 0 Å². The van der Waals surface area contributed by atoms with Crippen LogP contribution in [0, 0.1) is 5.92 Å². The van der Waals surface area contributed by atoms with E-state index in [1.807, 2.05) is 13.8 Å². The molecule has 0 radical (unpaired) electrons. The Kier molecular flexibility index (Phi) is 14.4. The van der Waals surface area contributed by atoms with Crippen molar-refractivity contribution in [1.82, 2.24) is 26.6 Å². The van der Waals surface area contributed by atoms with Gasteiger partial charge in [0.2, 0.25) is 23.6 Å². The van der Waals surface area contributed by atoms with E-state index in [1.54, 1.807) is 7.05 Å². The average Bonchev–Trinajstić information content (AvgIpc) is 2.85. The van der Waals surface area contributed by atoms with Gasteiger partial charge in [0.1, 0.15) is 18.1 Å². The molecule has 0 aromatic heterocycles. The predicted octanol–water partition coefficient (Wildman–Crippen LogP) is -2.18. The third-order valence-corrected chi connectivity index (χ3v) is 6.53. The van der Waals surface area contributed by atoms with E-state index in [0.717, 1.165) is 0 Å². The Labute approximate surface area is 208 Å². The van der Waals surface area contributed by atoms with Crippen molar-refractivity contribution in [1.29, 1.82) is 0 Å². The summed E-state index contributed by atoms with van der Waals surface area (Å²) in [6, 6.07) is -3.90. The topological polar surface area (TPSA) is 201 Å². The monoisotopic (exact) mass is 499 g/mol. The lowest BCUT2D eigenvalue weighted by Crippen LogP contribution is -2.60. The van der Waals surface area contributed by atoms with Crippen LogP contribution in [0.25, 0.3) is 0 Å². The maximum absolute atomic E-state index is 13.2. The van der Waals surface area contributed by atoms with E-state index in [2.05, 4.69) is 26.6 Å². The van der Waals surface area contributed by atoms with Gasteiger partial charge in [0, 0.05) is 12.6 Å². The van der Waals surface area contributed by atoms with Gasteiger partial charge in [-0.1, -0.05) is 20.3 Å². The van der Waals surface area contributed by atoms with Crippen molar-refractivity contribution >= 4 is 23.6 Å². The Morgan fingerprint density at radius 1 is 0.943 bits per heavy atom. The highest BCUT2D eigenvalue weighted by Gasteiger charge is 2.33. The number of carbonyl (C=O) groups is 4. The van der Waals surface area contributed by atoms with E-state index >= 15 is 0 Å². The summed E-state index contributed by atoms with van der Waals surface area (Å²) in [6.45, 7) is 3.82. The lowest BCUT2D eigenvalue weighted by Gasteiger charge is -2.29. The summed E-state index contributed by atoms with van der Waals surface area (Å²) in [6.07, 6.45) is 3.74. The molecule has 1 aliphatic heterocycles. The van der Waals surface area contributed by atoms with E-state index < -0.39 is 48.5 Å². The number of aliphatic hydroxyl groups excluding tert-OH is 1. The number of unbranched alkanes of at least 4 members (excludes halogenated alkanes) is 1. The summed E-state index contributed by atoms with van der Waals surface area (Å²) in [4.78, 5) is 51.9. The van der Waals surface area contributed by atoms with Crippen molar-refractivity contribution < 1.29 is 24.3 Å². The van der Waals surface area contributed by atoms with Gasteiger partial charge in [-0.3, -0.25) is 19.2 Å². The highest BCUT2D eigenvalue weighted by molar-refractivity contribution is 5.95. The number of hydrogen-bond acceptors (Lipinski definition) is 8. The molecule has 0 aliphatic carbocycles. The first-order valence-corrected chi connectivity index (χ1v) is 12.6. The Morgan fingerprint density at radius 2 is 1.60 bits per heavy atom. The third-order valence-electron chi connectivity index (χ3n) is 6.53. The number of likely N-dealkylation sites (N-methyl/N-ethyl adjacent to an activating group) is 1. The van der Waals surface area contributed by atoms with Crippen molar-refractivity contribution in [2.75, 3.05) is 26.7 Å². The number of nitrogens with one attached hydrogen (secondary N) is 5. The second kappa shape index (κ2) is 16.4. The van der Waals surface area contributed by atoms with E-state index in [9.17, 15) is 24.3 Å². The standard InChI is InChI=1S/C23H45N7O5/c1-4-14(2)19-23(35)27-15(12-25)8-7-10-16(26-3)20(32)29-18(13-31)22(34)28-17(21(33)30-19)9-5-6-11-24/h14-19,26,31H,4-13,24-25H2,1-3H3,(H,27,35)(H,28,34)(H,29,32)(H,30,33). The fraction of sp³-hybridized carbons (Fsp3) is 0.826. The Balaban J connectivity index is 3.28. The Hall–Kier alpha value is -2.28. The van der Waals surface area contributed by atoms with Crippen LogP contribution in [0.15, 0.2) is 0 Å². The molecule has 1 saturated heterocycles. The van der Waals surface area contributed by atoms with Crippen molar-refractivity contribution in [3.8, 4) is 0 Å². The largest absolute Gasteiger partial charge is 0.394 e. The molecular weight excluding hydrogens is 454 g/mol. The molecule has 6 unspecified atom stereocenters. The van der Waals surface area contributed by atoms with Crippen LogP contribution in [0.3, 0.4) is 0 Å². The van der Waals surface area contributed by atoms with Crippen LogP contribution >= 0.6 is 0 Å². The SMILES string of the molecule is CCC(C)C1NC(=O)C(CCCCN)NC(=O)C(CO)NC(=O)C(NC)CCCC(CN)NC1=O. The molecule has 12 nitrogen and oxygen atoms in total. The highest BCUT2D eigenvalue weighted by Crippen LogP contribution is 2.12. The van der Waals surface area contributed by atoms with Crippen LogP contribution in [0.1, 0.15) is 58.8 Å². The molecule has 202 valence electrons. The number of nitrogens with two attached hydrogens (primary N) is 2. The summed E-state index contributed by atoms with van der Waals surface area (Å²) in [5.74, 6) is -2.12. The van der Waals surface area contributed by atoms with Gasteiger partial charge in [0.05, 0.1) is 12.6 Å². The average molecular weight is 500 g/mol. The molecule has 0 aromatic rings. The summed E-state index contributed by atoms with van der Waals surface area (Å²) in [5, 5.41) is 23.6. The van der Waals surface area contributed by atoms with Crippen LogP contribution in [-0.2, 0) is 19.2 Å². The van der Waals surface area contributed by atoms with Gasteiger partial charge in [-0.15, -0.1) is 0 Å². The zero-order valence-corrected chi connectivity index (χ0v) is 21.3. The quantitative estimate of drug-likeness (QED) is 0.164. The van der Waals surface area contributed by atoms with Gasteiger partial charge >= 0.3 is 0 Å². The molecule has 0 saturated carbocycles. The van der Waals surface area contributed by atoms with Crippen LogP contribution in [0.5, 0.6) is 0 Å². The molecule has 12 heteroatoms. The Bertz CT molecular complexity index is 693. The number of amides is 4. The van der Waals surface area contributed by atoms with Crippen molar-refractivity contribution in [3.63, 3.8) is 0 Å². The van der Waals surface area contributed by atoms with E-state index in [0.29, 0.717) is 51.5 Å². The molecule has 1 heterocycles. The van der Waals surface area contributed by atoms with Crippen molar-refractivity contribution in [2.45, 2.75) is 89.0 Å². The van der Waals surface area contributed by atoms with Gasteiger partial charge in [-0.2, -0.15) is 0 Å². The first-order valence-electron chi connectivity index (χ1n) is 12.6. The van der Waals surface area contributed by atoms with Gasteiger partial charge in [-0.05, 0) is 58.0 Å².